The molecule has 0 aliphatic carbocycles. The number of hydrogen-bond donors (Lipinski definition) is 2. The highest BCUT2D eigenvalue weighted by molar-refractivity contribution is 6.03. The highest BCUT2D eigenvalue weighted by atomic mass is 19.1. The number of carbonyl (C=O) groups is 1. The van der Waals surface area contributed by atoms with Gasteiger partial charge in [-0.15, -0.1) is 0 Å². The molecule has 1 aliphatic heterocycles. The third-order valence-corrected chi connectivity index (χ3v) is 3.52. The summed E-state index contributed by atoms with van der Waals surface area (Å²) in [5, 5.41) is 5.98. The smallest absolute Gasteiger partial charge is 0.253 e. The number of fused-ring (bicyclic) bond motifs is 1. The number of anilines is 1. The Hall–Kier alpha value is -2.56. The monoisotopic (exact) mass is 286 g/mol. The molecule has 0 fully saturated rings. The van der Waals surface area contributed by atoms with E-state index in [0.717, 1.165) is 16.8 Å². The van der Waals surface area contributed by atoms with Gasteiger partial charge in [0, 0.05) is 18.8 Å². The molecule has 1 amide bonds. The molecule has 3 rings (SSSR count). The Balaban J connectivity index is 1.78. The molecule has 0 spiro atoms. The average molecular weight is 286 g/mol. The Morgan fingerprint density at radius 2 is 2.19 bits per heavy atom. The van der Waals surface area contributed by atoms with Gasteiger partial charge in [-0.05, 0) is 29.3 Å². The summed E-state index contributed by atoms with van der Waals surface area (Å²) in [4.78, 5) is 11.8. The molecule has 1 aliphatic rings. The van der Waals surface area contributed by atoms with Crippen LogP contribution in [0.4, 0.5) is 10.1 Å². The number of hydrogen-bond acceptors (Lipinski definition) is 3. The first-order chi connectivity index (χ1) is 10.2. The lowest BCUT2D eigenvalue weighted by Gasteiger charge is -2.11. The van der Waals surface area contributed by atoms with Crippen molar-refractivity contribution in [1.82, 2.24) is 5.32 Å². The van der Waals surface area contributed by atoms with Crippen molar-refractivity contribution in [2.45, 2.75) is 13.1 Å². The van der Waals surface area contributed by atoms with E-state index in [9.17, 15) is 9.18 Å². The van der Waals surface area contributed by atoms with Crippen LogP contribution in [0.25, 0.3) is 0 Å². The van der Waals surface area contributed by atoms with Crippen LogP contribution in [0.5, 0.6) is 5.75 Å². The van der Waals surface area contributed by atoms with Gasteiger partial charge >= 0.3 is 0 Å². The van der Waals surface area contributed by atoms with E-state index in [1.165, 1.54) is 13.2 Å². The molecule has 0 saturated heterocycles. The van der Waals surface area contributed by atoms with Gasteiger partial charge in [0.05, 0.1) is 12.7 Å². The zero-order valence-corrected chi connectivity index (χ0v) is 11.6. The molecule has 108 valence electrons. The van der Waals surface area contributed by atoms with Crippen LogP contribution in [0.2, 0.25) is 0 Å². The van der Waals surface area contributed by atoms with Crippen molar-refractivity contribution < 1.29 is 13.9 Å². The SMILES string of the molecule is COc1ccc(CNc2cccc3c2C(=O)NC3)cc1F. The summed E-state index contributed by atoms with van der Waals surface area (Å²) in [6.45, 7) is 0.992. The maximum atomic E-state index is 13.6. The standard InChI is InChI=1S/C16H15FN2O2/c1-21-14-6-5-10(7-12(14)17)8-18-13-4-2-3-11-9-19-16(20)15(11)13/h2-7,18H,8-9H2,1H3,(H,19,20). The molecule has 0 aromatic heterocycles. The lowest BCUT2D eigenvalue weighted by Crippen LogP contribution is -2.14. The van der Waals surface area contributed by atoms with Crippen LogP contribution < -0.4 is 15.4 Å². The number of methoxy groups -OCH3 is 1. The summed E-state index contributed by atoms with van der Waals surface area (Å²) in [5.41, 5.74) is 3.19. The van der Waals surface area contributed by atoms with E-state index in [1.807, 2.05) is 18.2 Å². The molecule has 0 radical (unpaired) electrons. The first kappa shape index (κ1) is 13.4. The first-order valence-corrected chi connectivity index (χ1v) is 6.65. The molecule has 2 aromatic rings. The Labute approximate surface area is 121 Å². The molecule has 4 nitrogen and oxygen atoms in total. The van der Waals surface area contributed by atoms with Crippen molar-refractivity contribution in [2.24, 2.45) is 0 Å². The van der Waals surface area contributed by atoms with Gasteiger partial charge < -0.3 is 15.4 Å². The van der Waals surface area contributed by atoms with Crippen molar-refractivity contribution >= 4 is 11.6 Å². The lowest BCUT2D eigenvalue weighted by molar-refractivity contribution is 0.0966. The number of carbonyl (C=O) groups excluding carboxylic acids is 1. The van der Waals surface area contributed by atoms with Crippen molar-refractivity contribution in [3.05, 3.63) is 58.9 Å². The number of halogens is 1. The van der Waals surface area contributed by atoms with Crippen LogP contribution in [-0.4, -0.2) is 13.0 Å². The van der Waals surface area contributed by atoms with Crippen molar-refractivity contribution in [3.63, 3.8) is 0 Å². The number of nitrogens with one attached hydrogen (secondary N) is 2. The van der Waals surface area contributed by atoms with E-state index in [4.69, 9.17) is 4.74 Å². The van der Waals surface area contributed by atoms with Gasteiger partial charge in [-0.2, -0.15) is 0 Å². The zero-order chi connectivity index (χ0) is 14.8. The first-order valence-electron chi connectivity index (χ1n) is 6.65. The molecule has 2 aromatic carbocycles. The quantitative estimate of drug-likeness (QED) is 0.908. The molecule has 2 N–H and O–H groups in total. The Morgan fingerprint density at radius 1 is 1.33 bits per heavy atom. The molecular weight excluding hydrogens is 271 g/mol. The summed E-state index contributed by atoms with van der Waals surface area (Å²) in [5.74, 6) is -0.249. The van der Waals surface area contributed by atoms with E-state index in [-0.39, 0.29) is 11.7 Å². The van der Waals surface area contributed by atoms with Crippen LogP contribution in [0.15, 0.2) is 36.4 Å². The number of rotatable bonds is 4. The van der Waals surface area contributed by atoms with Crippen molar-refractivity contribution in [2.75, 3.05) is 12.4 Å². The minimum atomic E-state index is -0.396. The van der Waals surface area contributed by atoms with E-state index in [2.05, 4.69) is 10.6 Å². The van der Waals surface area contributed by atoms with E-state index >= 15 is 0 Å². The van der Waals surface area contributed by atoms with Gasteiger partial charge in [0.25, 0.3) is 5.91 Å². The van der Waals surface area contributed by atoms with Gasteiger partial charge in [0.15, 0.2) is 11.6 Å². The average Bonchev–Trinajstić information content (AvgIpc) is 2.87. The Bertz CT molecular complexity index is 701. The fraction of sp³-hybridized carbons (Fsp3) is 0.188. The molecule has 0 saturated carbocycles. The van der Waals surface area contributed by atoms with Crippen LogP contribution in [-0.2, 0) is 13.1 Å². The molecule has 0 unspecified atom stereocenters. The molecular formula is C16H15FN2O2. The second-order valence-electron chi connectivity index (χ2n) is 4.84. The van der Waals surface area contributed by atoms with Crippen LogP contribution in [0.3, 0.4) is 0 Å². The fourth-order valence-electron chi connectivity index (χ4n) is 2.44. The minimum absolute atomic E-state index is 0.0750. The summed E-state index contributed by atoms with van der Waals surface area (Å²) < 4.78 is 18.5. The topological polar surface area (TPSA) is 50.4 Å². The van der Waals surface area contributed by atoms with Gasteiger partial charge in [-0.1, -0.05) is 18.2 Å². The predicted octanol–water partition coefficient (Wildman–Crippen LogP) is 2.69. The molecule has 1 heterocycles. The van der Waals surface area contributed by atoms with Gasteiger partial charge in [0.1, 0.15) is 0 Å². The van der Waals surface area contributed by atoms with Gasteiger partial charge in [-0.25, -0.2) is 4.39 Å². The van der Waals surface area contributed by atoms with Crippen LogP contribution in [0.1, 0.15) is 21.5 Å². The summed E-state index contributed by atoms with van der Waals surface area (Å²) >= 11 is 0. The number of benzene rings is 2. The largest absolute Gasteiger partial charge is 0.494 e. The zero-order valence-electron chi connectivity index (χ0n) is 11.6. The second-order valence-corrected chi connectivity index (χ2v) is 4.84. The lowest BCUT2D eigenvalue weighted by atomic mass is 10.1. The maximum absolute atomic E-state index is 13.6. The Morgan fingerprint density at radius 3 is 2.95 bits per heavy atom. The van der Waals surface area contributed by atoms with Crippen molar-refractivity contribution in [1.29, 1.82) is 0 Å². The highest BCUT2D eigenvalue weighted by Crippen LogP contribution is 2.25. The highest BCUT2D eigenvalue weighted by Gasteiger charge is 2.21. The third-order valence-electron chi connectivity index (χ3n) is 3.52. The third kappa shape index (κ3) is 2.54. The second kappa shape index (κ2) is 5.44. The summed E-state index contributed by atoms with van der Waals surface area (Å²) in [7, 11) is 1.43. The van der Waals surface area contributed by atoms with Crippen LogP contribution >= 0.6 is 0 Å². The molecule has 21 heavy (non-hydrogen) atoms. The fourth-order valence-corrected chi connectivity index (χ4v) is 2.44. The van der Waals surface area contributed by atoms with E-state index in [0.29, 0.717) is 18.7 Å². The normalized spacial score (nSPS) is 12.8. The van der Waals surface area contributed by atoms with Crippen LogP contribution in [0, 0.1) is 5.82 Å². The Kier molecular flexibility index (Phi) is 3.48. The number of amides is 1. The van der Waals surface area contributed by atoms with Gasteiger partial charge in [0.2, 0.25) is 0 Å². The molecule has 0 bridgehead atoms. The van der Waals surface area contributed by atoms with E-state index in [1.54, 1.807) is 12.1 Å². The molecule has 0 atom stereocenters. The van der Waals surface area contributed by atoms with Crippen molar-refractivity contribution in [3.8, 4) is 5.75 Å². The van der Waals surface area contributed by atoms with E-state index < -0.39 is 5.82 Å². The predicted molar refractivity (Wildman–Crippen MR) is 77.9 cm³/mol. The summed E-state index contributed by atoms with van der Waals surface area (Å²) in [6, 6.07) is 10.5. The van der Waals surface area contributed by atoms with Gasteiger partial charge in [-0.3, -0.25) is 4.79 Å². The minimum Gasteiger partial charge on any atom is -0.494 e. The maximum Gasteiger partial charge on any atom is 0.253 e. The summed E-state index contributed by atoms with van der Waals surface area (Å²) in [6.07, 6.45) is 0. The number of ether oxygens (including phenoxy) is 1. The molecule has 5 heteroatoms.